The number of benzene rings is 1. The number of hydrogen-bond acceptors (Lipinski definition) is 3. The number of Topliss-reactive ketones (excluding diaryl/α,β-unsaturated/α-hetero) is 1. The van der Waals surface area contributed by atoms with Crippen LogP contribution in [0.1, 0.15) is 18.5 Å². The van der Waals surface area contributed by atoms with E-state index in [1.807, 2.05) is 24.3 Å². The lowest BCUT2D eigenvalue weighted by Gasteiger charge is -2.32. The van der Waals surface area contributed by atoms with Crippen molar-refractivity contribution in [3.8, 4) is 11.8 Å². The van der Waals surface area contributed by atoms with Gasteiger partial charge in [-0.05, 0) is 23.6 Å². The fourth-order valence-electron chi connectivity index (χ4n) is 2.44. The number of nitrogens with one attached hydrogen (secondary N) is 1. The summed E-state index contributed by atoms with van der Waals surface area (Å²) in [6.07, 6.45) is 0.626. The van der Waals surface area contributed by atoms with Crippen LogP contribution in [-0.2, 0) is 10.2 Å². The molecular formula is C14H12N2O2. The number of H-pyrrole nitrogens is 1. The maximum Gasteiger partial charge on any atom is 0.136 e. The zero-order chi connectivity index (χ0) is 12.8. The predicted octanol–water partition coefficient (Wildman–Crippen LogP) is 2.30. The van der Waals surface area contributed by atoms with Gasteiger partial charge in [0.15, 0.2) is 0 Å². The molecule has 90 valence electrons. The zero-order valence-electron chi connectivity index (χ0n) is 9.99. The van der Waals surface area contributed by atoms with Gasteiger partial charge >= 0.3 is 0 Å². The van der Waals surface area contributed by atoms with Crippen molar-refractivity contribution in [3.05, 3.63) is 30.0 Å². The summed E-state index contributed by atoms with van der Waals surface area (Å²) in [5.41, 5.74) is 1.11. The Morgan fingerprint density at radius 3 is 2.78 bits per heavy atom. The van der Waals surface area contributed by atoms with E-state index in [-0.39, 0.29) is 5.78 Å². The van der Waals surface area contributed by atoms with Crippen molar-refractivity contribution >= 4 is 16.7 Å². The number of nitrogens with zero attached hydrogens (tertiary/aromatic N) is 1. The molecule has 1 aliphatic rings. The van der Waals surface area contributed by atoms with Crippen molar-refractivity contribution in [2.45, 2.75) is 18.3 Å². The number of nitriles is 1. The molecule has 1 heterocycles. The molecule has 4 nitrogen and oxygen atoms in total. The molecule has 0 aliphatic heterocycles. The third kappa shape index (κ3) is 1.41. The second kappa shape index (κ2) is 3.61. The second-order valence-corrected chi connectivity index (χ2v) is 4.72. The molecule has 1 aromatic carbocycles. The first-order valence-electron chi connectivity index (χ1n) is 5.77. The zero-order valence-corrected chi connectivity index (χ0v) is 9.99. The van der Waals surface area contributed by atoms with Gasteiger partial charge in [0, 0.05) is 30.1 Å². The average Bonchev–Trinajstić information content (AvgIpc) is 2.77. The first-order valence-corrected chi connectivity index (χ1v) is 5.77. The number of carbonyl (C=O) groups excluding carboxylic acids is 1. The molecule has 0 bridgehead atoms. The van der Waals surface area contributed by atoms with Gasteiger partial charge in [0.05, 0.1) is 13.2 Å². The van der Waals surface area contributed by atoms with Crippen molar-refractivity contribution in [2.75, 3.05) is 7.11 Å². The van der Waals surface area contributed by atoms with Gasteiger partial charge in [-0.3, -0.25) is 4.79 Å². The minimum absolute atomic E-state index is 0.146. The van der Waals surface area contributed by atoms with Crippen LogP contribution in [0.3, 0.4) is 0 Å². The highest BCUT2D eigenvalue weighted by atomic mass is 16.5. The van der Waals surface area contributed by atoms with E-state index >= 15 is 0 Å². The number of rotatable bonds is 2. The van der Waals surface area contributed by atoms with Crippen LogP contribution >= 0.6 is 0 Å². The minimum Gasteiger partial charge on any atom is -0.497 e. The maximum absolute atomic E-state index is 11.2. The van der Waals surface area contributed by atoms with Gasteiger partial charge in [-0.25, -0.2) is 0 Å². The molecule has 0 atom stereocenters. The molecule has 18 heavy (non-hydrogen) atoms. The summed E-state index contributed by atoms with van der Waals surface area (Å²) in [6.45, 7) is 0. The van der Waals surface area contributed by atoms with E-state index in [4.69, 9.17) is 4.74 Å². The van der Waals surface area contributed by atoms with Crippen molar-refractivity contribution in [2.24, 2.45) is 0 Å². The van der Waals surface area contributed by atoms with Crippen LogP contribution in [-0.4, -0.2) is 17.9 Å². The Bertz CT molecular complexity index is 671. The number of hydrogen-bond donors (Lipinski definition) is 1. The SMILES string of the molecule is COc1ccc2cc(C3(C#N)CC(=O)C3)[nH]c2c1. The molecule has 2 aromatic rings. The highest BCUT2D eigenvalue weighted by Crippen LogP contribution is 2.41. The minimum atomic E-state index is -0.649. The molecule has 0 unspecified atom stereocenters. The van der Waals surface area contributed by atoms with E-state index in [1.165, 1.54) is 0 Å². The van der Waals surface area contributed by atoms with Crippen LogP contribution in [0.4, 0.5) is 0 Å². The largest absolute Gasteiger partial charge is 0.497 e. The van der Waals surface area contributed by atoms with Gasteiger partial charge in [-0.15, -0.1) is 0 Å². The number of ether oxygens (including phenoxy) is 1. The van der Waals surface area contributed by atoms with Gasteiger partial charge in [0.2, 0.25) is 0 Å². The van der Waals surface area contributed by atoms with Crippen LogP contribution < -0.4 is 4.74 Å². The Morgan fingerprint density at radius 1 is 1.39 bits per heavy atom. The average molecular weight is 240 g/mol. The van der Waals surface area contributed by atoms with Crippen LogP contribution in [0.15, 0.2) is 24.3 Å². The Labute approximate surface area is 104 Å². The van der Waals surface area contributed by atoms with Crippen LogP contribution in [0, 0.1) is 11.3 Å². The van der Waals surface area contributed by atoms with Crippen molar-refractivity contribution < 1.29 is 9.53 Å². The first-order chi connectivity index (χ1) is 8.66. The first kappa shape index (κ1) is 10.8. The van der Waals surface area contributed by atoms with Crippen LogP contribution in [0.2, 0.25) is 0 Å². The number of fused-ring (bicyclic) bond motifs is 1. The van der Waals surface area contributed by atoms with Crippen molar-refractivity contribution in [3.63, 3.8) is 0 Å². The molecule has 4 heteroatoms. The predicted molar refractivity (Wildman–Crippen MR) is 66.4 cm³/mol. The summed E-state index contributed by atoms with van der Waals surface area (Å²) < 4.78 is 5.16. The summed E-state index contributed by atoms with van der Waals surface area (Å²) in [5, 5.41) is 10.3. The Balaban J connectivity index is 2.09. The van der Waals surface area contributed by atoms with Crippen molar-refractivity contribution in [1.82, 2.24) is 4.98 Å². The quantitative estimate of drug-likeness (QED) is 0.875. The van der Waals surface area contributed by atoms with Gasteiger partial charge in [0.25, 0.3) is 0 Å². The van der Waals surface area contributed by atoms with E-state index in [1.54, 1.807) is 7.11 Å². The Morgan fingerprint density at radius 2 is 2.17 bits per heavy atom. The Hall–Kier alpha value is -2.28. The lowest BCUT2D eigenvalue weighted by atomic mass is 9.67. The highest BCUT2D eigenvalue weighted by Gasteiger charge is 2.46. The van der Waals surface area contributed by atoms with Crippen LogP contribution in [0.5, 0.6) is 5.75 Å². The number of aromatic amines is 1. The normalized spacial score (nSPS) is 17.2. The molecule has 0 amide bonds. The molecular weight excluding hydrogens is 228 g/mol. The van der Waals surface area contributed by atoms with E-state index in [9.17, 15) is 10.1 Å². The third-order valence-corrected chi connectivity index (χ3v) is 3.56. The van der Waals surface area contributed by atoms with E-state index < -0.39 is 5.41 Å². The van der Waals surface area contributed by atoms with Crippen LogP contribution in [0.25, 0.3) is 10.9 Å². The van der Waals surface area contributed by atoms with Gasteiger partial charge in [-0.1, -0.05) is 0 Å². The number of ketones is 1. The van der Waals surface area contributed by atoms with E-state index in [0.717, 1.165) is 22.3 Å². The fourth-order valence-corrected chi connectivity index (χ4v) is 2.44. The molecule has 0 saturated heterocycles. The number of methoxy groups -OCH3 is 1. The summed E-state index contributed by atoms with van der Waals surface area (Å²) in [6, 6.07) is 9.93. The molecule has 3 rings (SSSR count). The van der Waals surface area contributed by atoms with E-state index in [0.29, 0.717) is 12.8 Å². The summed E-state index contributed by atoms with van der Waals surface area (Å²) in [5.74, 6) is 0.916. The fraction of sp³-hybridized carbons (Fsp3) is 0.286. The lowest BCUT2D eigenvalue weighted by Crippen LogP contribution is -2.40. The second-order valence-electron chi connectivity index (χ2n) is 4.72. The number of aromatic nitrogens is 1. The van der Waals surface area contributed by atoms with Gasteiger partial charge in [0.1, 0.15) is 16.9 Å². The molecule has 1 saturated carbocycles. The topological polar surface area (TPSA) is 65.9 Å². The Kier molecular flexibility index (Phi) is 2.17. The standard InChI is InChI=1S/C14H12N2O2/c1-18-11-3-2-9-4-13(16-12(9)5-11)14(8-15)6-10(17)7-14/h2-5,16H,6-7H2,1H3. The molecule has 1 fully saturated rings. The molecule has 0 radical (unpaired) electrons. The van der Waals surface area contributed by atoms with Gasteiger partial charge in [-0.2, -0.15) is 5.26 Å². The molecule has 0 spiro atoms. The lowest BCUT2D eigenvalue weighted by molar-refractivity contribution is -0.126. The highest BCUT2D eigenvalue weighted by molar-refractivity contribution is 5.91. The van der Waals surface area contributed by atoms with Crippen molar-refractivity contribution in [1.29, 1.82) is 5.26 Å². The monoisotopic (exact) mass is 240 g/mol. The molecule has 1 aromatic heterocycles. The molecule has 1 N–H and O–H groups in total. The third-order valence-electron chi connectivity index (χ3n) is 3.56. The molecule has 1 aliphatic carbocycles. The smallest absolute Gasteiger partial charge is 0.136 e. The maximum atomic E-state index is 11.2. The van der Waals surface area contributed by atoms with Gasteiger partial charge < -0.3 is 9.72 Å². The summed E-state index contributed by atoms with van der Waals surface area (Å²) in [4.78, 5) is 14.4. The summed E-state index contributed by atoms with van der Waals surface area (Å²) >= 11 is 0. The van der Waals surface area contributed by atoms with E-state index in [2.05, 4.69) is 11.1 Å². The number of carbonyl (C=O) groups is 1. The summed E-state index contributed by atoms with van der Waals surface area (Å²) in [7, 11) is 1.62.